The van der Waals surface area contributed by atoms with Gasteiger partial charge in [-0.1, -0.05) is 6.07 Å². The lowest BCUT2D eigenvalue weighted by atomic mass is 10.1. The van der Waals surface area contributed by atoms with Crippen molar-refractivity contribution in [3.63, 3.8) is 0 Å². The quantitative estimate of drug-likeness (QED) is 0.861. The summed E-state index contributed by atoms with van der Waals surface area (Å²) in [5.41, 5.74) is 0.133. The van der Waals surface area contributed by atoms with Crippen molar-refractivity contribution in [2.24, 2.45) is 0 Å². The van der Waals surface area contributed by atoms with E-state index < -0.39 is 5.82 Å². The number of piperazine rings is 1. The number of rotatable bonds is 1. The maximum absolute atomic E-state index is 13.8. The molecule has 3 nitrogen and oxygen atoms in total. The molecule has 1 N–H and O–H groups in total. The van der Waals surface area contributed by atoms with Crippen LogP contribution in [0.25, 0.3) is 0 Å². The summed E-state index contributed by atoms with van der Waals surface area (Å²) in [6, 6.07) is 4.88. The molecule has 0 radical (unpaired) electrons. The zero-order valence-corrected chi connectivity index (χ0v) is 11.1. The Morgan fingerprint density at radius 3 is 3.06 bits per heavy atom. The molecule has 5 heteroatoms. The van der Waals surface area contributed by atoms with E-state index in [0.29, 0.717) is 11.0 Å². The second-order valence-corrected chi connectivity index (χ2v) is 5.01. The lowest BCUT2D eigenvalue weighted by Gasteiger charge is -2.34. The zero-order valence-electron chi connectivity index (χ0n) is 9.54. The second kappa shape index (κ2) is 5.14. The topological polar surface area (TPSA) is 32.3 Å². The first-order chi connectivity index (χ1) is 8.11. The van der Waals surface area contributed by atoms with E-state index in [-0.39, 0.29) is 17.5 Å². The monoisotopic (exact) mass is 300 g/mol. The largest absolute Gasteiger partial charge is 0.333 e. The smallest absolute Gasteiger partial charge is 0.257 e. The van der Waals surface area contributed by atoms with Gasteiger partial charge in [0.05, 0.1) is 10.0 Å². The maximum Gasteiger partial charge on any atom is 0.257 e. The van der Waals surface area contributed by atoms with Crippen molar-refractivity contribution in [1.82, 2.24) is 10.2 Å². The molecule has 1 aromatic carbocycles. The molecule has 92 valence electrons. The highest BCUT2D eigenvalue weighted by Gasteiger charge is 2.26. The summed E-state index contributed by atoms with van der Waals surface area (Å²) in [7, 11) is 0. The summed E-state index contributed by atoms with van der Waals surface area (Å²) in [4.78, 5) is 13.9. The molecule has 0 aliphatic carbocycles. The maximum atomic E-state index is 13.8. The molecule has 1 fully saturated rings. The number of carbonyl (C=O) groups is 1. The van der Waals surface area contributed by atoms with Gasteiger partial charge in [-0.15, -0.1) is 0 Å². The first kappa shape index (κ1) is 12.5. The van der Waals surface area contributed by atoms with Gasteiger partial charge in [-0.25, -0.2) is 4.39 Å². The molecule has 0 aromatic heterocycles. The predicted octanol–water partition coefficient (Wildman–Crippen LogP) is 2.02. The molecule has 0 spiro atoms. The van der Waals surface area contributed by atoms with Crippen molar-refractivity contribution in [1.29, 1.82) is 0 Å². The van der Waals surface area contributed by atoms with E-state index in [2.05, 4.69) is 21.2 Å². The molecule has 1 amide bonds. The fourth-order valence-electron chi connectivity index (χ4n) is 1.97. The molecule has 1 saturated heterocycles. The molecule has 2 rings (SSSR count). The molecule has 0 bridgehead atoms. The van der Waals surface area contributed by atoms with Crippen LogP contribution in [0.2, 0.25) is 0 Å². The van der Waals surface area contributed by atoms with Crippen molar-refractivity contribution in [3.05, 3.63) is 34.1 Å². The van der Waals surface area contributed by atoms with Crippen LogP contribution in [0.5, 0.6) is 0 Å². The minimum atomic E-state index is -0.483. The first-order valence-corrected chi connectivity index (χ1v) is 6.36. The van der Waals surface area contributed by atoms with Crippen LogP contribution >= 0.6 is 15.9 Å². The van der Waals surface area contributed by atoms with Crippen molar-refractivity contribution >= 4 is 21.8 Å². The standard InChI is InChI=1S/C12H14BrFN2O/c1-8-7-15-5-6-16(8)12(17)9-3-2-4-10(13)11(9)14/h2-4,8,15H,5-7H2,1H3/t8-/m0/s1. The van der Waals surface area contributed by atoms with E-state index in [1.54, 1.807) is 17.0 Å². The SMILES string of the molecule is C[C@H]1CNCCN1C(=O)c1cccc(Br)c1F. The fraction of sp³-hybridized carbons (Fsp3) is 0.417. The summed E-state index contributed by atoms with van der Waals surface area (Å²) >= 11 is 3.10. The highest BCUT2D eigenvalue weighted by atomic mass is 79.9. The van der Waals surface area contributed by atoms with Gasteiger partial charge in [-0.2, -0.15) is 0 Å². The fourth-order valence-corrected chi connectivity index (χ4v) is 2.33. The van der Waals surface area contributed by atoms with Gasteiger partial charge in [-0.3, -0.25) is 4.79 Å². The summed E-state index contributed by atoms with van der Waals surface area (Å²) in [5, 5.41) is 3.20. The Morgan fingerprint density at radius 1 is 1.59 bits per heavy atom. The van der Waals surface area contributed by atoms with Crippen LogP contribution in [0.15, 0.2) is 22.7 Å². The molecular weight excluding hydrogens is 287 g/mol. The number of hydrogen-bond acceptors (Lipinski definition) is 2. The first-order valence-electron chi connectivity index (χ1n) is 5.57. The third-order valence-corrected chi connectivity index (χ3v) is 3.56. The molecule has 0 saturated carbocycles. The lowest BCUT2D eigenvalue weighted by Crippen LogP contribution is -2.52. The average molecular weight is 301 g/mol. The van der Waals surface area contributed by atoms with Gasteiger partial charge in [0.15, 0.2) is 0 Å². The minimum Gasteiger partial charge on any atom is -0.333 e. The molecular formula is C12H14BrFN2O. The minimum absolute atomic E-state index is 0.0923. The molecule has 17 heavy (non-hydrogen) atoms. The number of halogens is 2. The van der Waals surface area contributed by atoms with Crippen molar-refractivity contribution in [2.75, 3.05) is 19.6 Å². The van der Waals surface area contributed by atoms with Crippen LogP contribution in [0.4, 0.5) is 4.39 Å². The van der Waals surface area contributed by atoms with E-state index in [1.807, 2.05) is 6.92 Å². The molecule has 1 aromatic rings. The Morgan fingerprint density at radius 2 is 2.35 bits per heavy atom. The van der Waals surface area contributed by atoms with E-state index >= 15 is 0 Å². The Hall–Kier alpha value is -0.940. The summed E-state index contributed by atoms with van der Waals surface area (Å²) in [6.45, 7) is 4.08. The second-order valence-electron chi connectivity index (χ2n) is 4.15. The van der Waals surface area contributed by atoms with Gasteiger partial charge < -0.3 is 10.2 Å². The average Bonchev–Trinajstić information content (AvgIpc) is 2.32. The number of hydrogen-bond donors (Lipinski definition) is 1. The number of nitrogens with zero attached hydrogens (tertiary/aromatic N) is 1. The zero-order chi connectivity index (χ0) is 12.4. The van der Waals surface area contributed by atoms with Gasteiger partial charge in [0.1, 0.15) is 5.82 Å². The number of benzene rings is 1. The van der Waals surface area contributed by atoms with Crippen LogP contribution in [-0.4, -0.2) is 36.5 Å². The summed E-state index contributed by atoms with van der Waals surface area (Å²) in [6.07, 6.45) is 0. The third-order valence-electron chi connectivity index (χ3n) is 2.94. The number of amides is 1. The molecule has 1 aliphatic rings. The Bertz CT molecular complexity index is 439. The van der Waals surface area contributed by atoms with Crippen LogP contribution in [0.3, 0.4) is 0 Å². The Labute approximate surface area is 108 Å². The van der Waals surface area contributed by atoms with Crippen molar-refractivity contribution in [2.45, 2.75) is 13.0 Å². The van der Waals surface area contributed by atoms with Gasteiger partial charge >= 0.3 is 0 Å². The summed E-state index contributed by atoms with van der Waals surface area (Å²) < 4.78 is 14.1. The van der Waals surface area contributed by atoms with E-state index in [1.165, 1.54) is 6.07 Å². The van der Waals surface area contributed by atoms with Crippen LogP contribution in [-0.2, 0) is 0 Å². The Balaban J connectivity index is 2.27. The Kier molecular flexibility index (Phi) is 3.79. The van der Waals surface area contributed by atoms with E-state index in [4.69, 9.17) is 0 Å². The number of nitrogens with one attached hydrogen (secondary N) is 1. The highest BCUT2D eigenvalue weighted by Crippen LogP contribution is 2.20. The van der Waals surface area contributed by atoms with Gasteiger partial charge in [0.2, 0.25) is 0 Å². The predicted molar refractivity (Wildman–Crippen MR) is 67.5 cm³/mol. The highest BCUT2D eigenvalue weighted by molar-refractivity contribution is 9.10. The molecule has 1 atom stereocenters. The van der Waals surface area contributed by atoms with E-state index in [9.17, 15) is 9.18 Å². The van der Waals surface area contributed by atoms with Crippen LogP contribution < -0.4 is 5.32 Å². The number of carbonyl (C=O) groups excluding carboxylic acids is 1. The van der Waals surface area contributed by atoms with Gasteiger partial charge in [0, 0.05) is 25.7 Å². The van der Waals surface area contributed by atoms with Gasteiger partial charge in [-0.05, 0) is 35.0 Å². The molecule has 1 aliphatic heterocycles. The van der Waals surface area contributed by atoms with E-state index in [0.717, 1.165) is 13.1 Å². The molecule has 1 heterocycles. The van der Waals surface area contributed by atoms with Crippen LogP contribution in [0, 0.1) is 5.82 Å². The summed E-state index contributed by atoms with van der Waals surface area (Å²) in [5.74, 6) is -0.721. The normalized spacial score (nSPS) is 20.4. The lowest BCUT2D eigenvalue weighted by molar-refractivity contribution is 0.0651. The molecule has 0 unspecified atom stereocenters. The van der Waals surface area contributed by atoms with Crippen molar-refractivity contribution in [3.8, 4) is 0 Å². The third kappa shape index (κ3) is 2.50. The van der Waals surface area contributed by atoms with Gasteiger partial charge in [0.25, 0.3) is 5.91 Å². The van der Waals surface area contributed by atoms with Crippen LogP contribution in [0.1, 0.15) is 17.3 Å². The van der Waals surface area contributed by atoms with Crippen molar-refractivity contribution < 1.29 is 9.18 Å².